The van der Waals surface area contributed by atoms with Crippen LogP contribution in [0.2, 0.25) is 5.02 Å². The molecule has 0 spiro atoms. The van der Waals surface area contributed by atoms with Crippen LogP contribution in [0.3, 0.4) is 0 Å². The first-order valence-corrected chi connectivity index (χ1v) is 16.2. The van der Waals surface area contributed by atoms with E-state index in [1.54, 1.807) is 45.1 Å². The van der Waals surface area contributed by atoms with Crippen LogP contribution in [0.15, 0.2) is 79.4 Å². The van der Waals surface area contributed by atoms with Crippen LogP contribution < -0.4 is 30.7 Å². The van der Waals surface area contributed by atoms with Gasteiger partial charge in [-0.1, -0.05) is 41.9 Å². The van der Waals surface area contributed by atoms with Gasteiger partial charge in [-0.2, -0.15) is 4.98 Å². The molecule has 0 atom stereocenters. The molecular weight excluding hydrogens is 573 g/mol. The van der Waals surface area contributed by atoms with E-state index in [0.29, 0.717) is 59.4 Å². The van der Waals surface area contributed by atoms with E-state index in [-0.39, 0.29) is 0 Å². The van der Waals surface area contributed by atoms with E-state index in [1.807, 2.05) is 48.5 Å². The highest BCUT2D eigenvalue weighted by atomic mass is 35.5. The maximum atomic E-state index is 13.4. The first kappa shape index (κ1) is 29.3. The van der Waals surface area contributed by atoms with Crippen molar-refractivity contribution in [3.05, 3.63) is 90.1 Å². The van der Waals surface area contributed by atoms with Crippen LogP contribution in [0.5, 0.6) is 11.5 Å². The molecule has 0 aliphatic heterocycles. The predicted octanol–water partition coefficient (Wildman–Crippen LogP) is 5.99. The Bertz CT molecular complexity index is 1730. The van der Waals surface area contributed by atoms with Crippen molar-refractivity contribution in [2.45, 2.75) is 6.54 Å². The molecule has 2 heterocycles. The van der Waals surface area contributed by atoms with Crippen LogP contribution in [-0.2, 0) is 11.1 Å². The highest BCUT2D eigenvalue weighted by Gasteiger charge is 2.21. The van der Waals surface area contributed by atoms with Crippen molar-refractivity contribution in [3.8, 4) is 11.5 Å². The van der Waals surface area contributed by atoms with Gasteiger partial charge >= 0.3 is 0 Å². The van der Waals surface area contributed by atoms with Gasteiger partial charge in [0.2, 0.25) is 5.95 Å². The molecule has 0 saturated heterocycles. The van der Waals surface area contributed by atoms with Gasteiger partial charge in [-0.3, -0.25) is 9.97 Å². The number of aromatic nitrogens is 4. The van der Waals surface area contributed by atoms with Crippen molar-refractivity contribution in [1.82, 2.24) is 25.3 Å². The lowest BCUT2D eigenvalue weighted by Gasteiger charge is -2.18. The Balaban J connectivity index is 1.32. The van der Waals surface area contributed by atoms with Gasteiger partial charge in [0.15, 0.2) is 5.82 Å². The monoisotopic (exact) mass is 603 g/mol. The summed E-state index contributed by atoms with van der Waals surface area (Å²) >= 11 is 6.50. The highest BCUT2D eigenvalue weighted by Crippen LogP contribution is 2.42. The van der Waals surface area contributed by atoms with Crippen molar-refractivity contribution in [2.24, 2.45) is 0 Å². The van der Waals surface area contributed by atoms with Crippen LogP contribution in [0.4, 0.5) is 23.1 Å². The number of methoxy groups -OCH3 is 1. The fourth-order valence-corrected chi connectivity index (χ4v) is 6.09. The summed E-state index contributed by atoms with van der Waals surface area (Å²) in [5, 5.41) is 12.8. The molecule has 10 nitrogen and oxygen atoms in total. The number of halogens is 1. The SMILES string of the molecule is COc1ccc(OCCNCc2cnccn2)cc1Nc1ncc(Cl)c(Nc2ccc3ccccc3c2P(C)(C)=O)n1. The second-order valence-electron chi connectivity index (χ2n) is 9.76. The number of fused-ring (bicyclic) bond motifs is 1. The molecule has 216 valence electrons. The Morgan fingerprint density at radius 1 is 0.952 bits per heavy atom. The van der Waals surface area contributed by atoms with E-state index < -0.39 is 7.14 Å². The third kappa shape index (κ3) is 7.15. The van der Waals surface area contributed by atoms with Crippen LogP contribution >= 0.6 is 18.7 Å². The van der Waals surface area contributed by atoms with Gasteiger partial charge in [-0.15, -0.1) is 0 Å². The van der Waals surface area contributed by atoms with E-state index in [4.69, 9.17) is 21.1 Å². The Morgan fingerprint density at radius 2 is 1.81 bits per heavy atom. The molecule has 0 amide bonds. The highest BCUT2D eigenvalue weighted by molar-refractivity contribution is 7.71. The Hall–Kier alpha value is -4.24. The first-order chi connectivity index (χ1) is 20.3. The van der Waals surface area contributed by atoms with Gasteiger partial charge in [0.25, 0.3) is 0 Å². The minimum absolute atomic E-state index is 0.293. The molecule has 0 aliphatic rings. The fourth-order valence-electron chi connectivity index (χ4n) is 4.45. The molecule has 0 aliphatic carbocycles. The number of ether oxygens (including phenoxy) is 2. The van der Waals surface area contributed by atoms with Crippen LogP contribution in [-0.4, -0.2) is 53.5 Å². The van der Waals surface area contributed by atoms with Gasteiger partial charge < -0.3 is 30.0 Å². The largest absolute Gasteiger partial charge is 0.495 e. The smallest absolute Gasteiger partial charge is 0.229 e. The standard InChI is InChI=1S/C30H31ClN7O3P/c1-40-27-11-9-22(41-15-14-33-18-21-17-32-12-13-34-21)16-26(27)37-30-35-19-24(31)29(38-30)36-25-10-8-20-6-4-5-7-23(20)28(25)42(2,3)39/h4-13,16-17,19,33H,14-15,18H2,1-3H3,(H2,35,36,37,38). The molecule has 0 radical (unpaired) electrons. The average molecular weight is 604 g/mol. The zero-order valence-corrected chi connectivity index (χ0v) is 25.1. The van der Waals surface area contributed by atoms with E-state index >= 15 is 0 Å². The minimum Gasteiger partial charge on any atom is -0.495 e. The van der Waals surface area contributed by atoms with E-state index in [2.05, 4.69) is 35.9 Å². The topological polar surface area (TPSA) is 123 Å². The molecule has 3 aromatic carbocycles. The third-order valence-electron chi connectivity index (χ3n) is 6.32. The molecule has 0 fully saturated rings. The summed E-state index contributed by atoms with van der Waals surface area (Å²) < 4.78 is 24.8. The summed E-state index contributed by atoms with van der Waals surface area (Å²) in [5.74, 6) is 1.90. The molecule has 0 saturated carbocycles. The summed E-state index contributed by atoms with van der Waals surface area (Å²) in [4.78, 5) is 17.3. The summed E-state index contributed by atoms with van der Waals surface area (Å²) in [6.45, 7) is 5.18. The second-order valence-corrected chi connectivity index (χ2v) is 13.3. The lowest BCUT2D eigenvalue weighted by Crippen LogP contribution is -2.21. The minimum atomic E-state index is -2.67. The lowest BCUT2D eigenvalue weighted by atomic mass is 10.1. The maximum Gasteiger partial charge on any atom is 0.229 e. The predicted molar refractivity (Wildman–Crippen MR) is 169 cm³/mol. The fraction of sp³-hybridized carbons (Fsp3) is 0.200. The number of anilines is 4. The van der Waals surface area contributed by atoms with E-state index in [9.17, 15) is 4.57 Å². The maximum absolute atomic E-state index is 13.4. The van der Waals surface area contributed by atoms with E-state index in [1.165, 1.54) is 6.20 Å². The number of rotatable bonds is 12. The quantitative estimate of drug-likeness (QED) is 0.116. The Morgan fingerprint density at radius 3 is 2.60 bits per heavy atom. The number of hydrogen-bond donors (Lipinski definition) is 3. The molecule has 42 heavy (non-hydrogen) atoms. The number of nitrogens with one attached hydrogen (secondary N) is 3. The summed E-state index contributed by atoms with van der Waals surface area (Å²) in [6, 6.07) is 17.2. The molecule has 5 aromatic rings. The van der Waals surface area contributed by atoms with Gasteiger partial charge in [0, 0.05) is 43.1 Å². The van der Waals surface area contributed by atoms with Crippen LogP contribution in [0.1, 0.15) is 5.69 Å². The van der Waals surface area contributed by atoms with Crippen LogP contribution in [0.25, 0.3) is 10.8 Å². The van der Waals surface area contributed by atoms with Gasteiger partial charge in [0.1, 0.15) is 30.3 Å². The van der Waals surface area contributed by atoms with E-state index in [0.717, 1.165) is 21.8 Å². The van der Waals surface area contributed by atoms with Crippen molar-refractivity contribution in [1.29, 1.82) is 0 Å². The summed E-state index contributed by atoms with van der Waals surface area (Å²) in [5.41, 5.74) is 2.16. The molecule has 0 unspecified atom stereocenters. The van der Waals surface area contributed by atoms with Gasteiger partial charge in [-0.25, -0.2) is 4.98 Å². The lowest BCUT2D eigenvalue weighted by molar-refractivity contribution is 0.313. The summed E-state index contributed by atoms with van der Waals surface area (Å²) in [7, 11) is -1.09. The van der Waals surface area contributed by atoms with Gasteiger partial charge in [0.05, 0.1) is 30.4 Å². The Labute approximate surface area is 249 Å². The van der Waals surface area contributed by atoms with Crippen molar-refractivity contribution in [3.63, 3.8) is 0 Å². The molecule has 3 N–H and O–H groups in total. The van der Waals surface area contributed by atoms with Crippen molar-refractivity contribution >= 4 is 58.0 Å². The van der Waals surface area contributed by atoms with Crippen LogP contribution in [0, 0.1) is 0 Å². The van der Waals surface area contributed by atoms with Gasteiger partial charge in [-0.05, 0) is 42.3 Å². The molecule has 5 rings (SSSR count). The molecule has 2 aromatic heterocycles. The second kappa shape index (κ2) is 13.2. The number of hydrogen-bond acceptors (Lipinski definition) is 10. The normalized spacial score (nSPS) is 11.3. The Kier molecular flexibility index (Phi) is 9.17. The third-order valence-corrected chi connectivity index (χ3v) is 8.16. The zero-order valence-electron chi connectivity index (χ0n) is 23.5. The summed E-state index contributed by atoms with van der Waals surface area (Å²) in [6.07, 6.45) is 6.54. The zero-order chi connectivity index (χ0) is 29.5. The molecule has 12 heteroatoms. The molecular formula is C30H31ClN7O3P. The van der Waals surface area contributed by atoms with Crippen molar-refractivity contribution < 1.29 is 14.0 Å². The average Bonchev–Trinajstić information content (AvgIpc) is 2.98. The number of benzene rings is 3. The first-order valence-electron chi connectivity index (χ1n) is 13.2. The number of nitrogens with zero attached hydrogens (tertiary/aromatic N) is 4. The molecule has 0 bridgehead atoms. The van der Waals surface area contributed by atoms with Crippen molar-refractivity contribution in [2.75, 3.05) is 44.2 Å².